The maximum atomic E-state index is 13.2. The number of amides is 1. The van der Waals surface area contributed by atoms with Gasteiger partial charge in [-0.25, -0.2) is 4.98 Å². The second kappa shape index (κ2) is 8.58. The zero-order chi connectivity index (χ0) is 19.4. The summed E-state index contributed by atoms with van der Waals surface area (Å²) in [5, 5.41) is 0. The van der Waals surface area contributed by atoms with Gasteiger partial charge in [0.2, 0.25) is 0 Å². The molecule has 5 rings (SSSR count). The molecular formula is C23H28Cl2N4O. The number of imidazole rings is 1. The zero-order valence-corrected chi connectivity index (χ0v) is 19.1. The predicted octanol–water partition coefficient (Wildman–Crippen LogP) is 4.10. The van der Waals surface area contributed by atoms with Crippen molar-refractivity contribution >= 4 is 41.8 Å². The summed E-state index contributed by atoms with van der Waals surface area (Å²) in [5.41, 5.74) is 5.42. The molecule has 1 amide bonds. The summed E-state index contributed by atoms with van der Waals surface area (Å²) in [4.78, 5) is 22.1. The molecular weight excluding hydrogens is 419 g/mol. The molecule has 160 valence electrons. The predicted molar refractivity (Wildman–Crippen MR) is 125 cm³/mol. The van der Waals surface area contributed by atoms with Crippen molar-refractivity contribution in [1.29, 1.82) is 0 Å². The fraction of sp³-hybridized carbons (Fsp3) is 0.391. The van der Waals surface area contributed by atoms with Gasteiger partial charge in [-0.2, -0.15) is 0 Å². The van der Waals surface area contributed by atoms with Gasteiger partial charge in [-0.15, -0.1) is 24.8 Å². The van der Waals surface area contributed by atoms with Crippen LogP contribution in [0.25, 0.3) is 11.0 Å². The first kappa shape index (κ1) is 22.6. The van der Waals surface area contributed by atoms with Crippen molar-refractivity contribution in [3.63, 3.8) is 0 Å². The summed E-state index contributed by atoms with van der Waals surface area (Å²) < 4.78 is 1.98. The van der Waals surface area contributed by atoms with E-state index in [1.54, 1.807) is 6.33 Å². The Kier molecular flexibility index (Phi) is 6.46. The number of carbonyl (C=O) groups excluding carboxylic acids is 1. The van der Waals surface area contributed by atoms with Crippen LogP contribution in [0, 0.1) is 18.8 Å². The van der Waals surface area contributed by atoms with Crippen molar-refractivity contribution in [1.82, 2.24) is 19.4 Å². The van der Waals surface area contributed by atoms with Gasteiger partial charge < -0.3 is 9.47 Å². The van der Waals surface area contributed by atoms with Crippen molar-refractivity contribution in [3.8, 4) is 0 Å². The highest BCUT2D eigenvalue weighted by molar-refractivity contribution is 5.97. The van der Waals surface area contributed by atoms with Crippen LogP contribution in [0.4, 0.5) is 0 Å². The molecule has 7 heteroatoms. The summed E-state index contributed by atoms with van der Waals surface area (Å²) >= 11 is 0. The minimum Gasteiger partial charge on any atom is -0.338 e. The number of hydrogen-bond acceptors (Lipinski definition) is 3. The average Bonchev–Trinajstić information content (AvgIpc) is 3.34. The Bertz CT molecular complexity index is 1070. The lowest BCUT2D eigenvalue weighted by molar-refractivity contribution is 0.0768. The molecule has 30 heavy (non-hydrogen) atoms. The normalized spacial score (nSPS) is 23.2. The largest absolute Gasteiger partial charge is 0.338 e. The van der Waals surface area contributed by atoms with Crippen LogP contribution in [0.5, 0.6) is 0 Å². The Labute approximate surface area is 189 Å². The first-order chi connectivity index (χ1) is 13.5. The fourth-order valence-corrected chi connectivity index (χ4v) is 5.26. The second-order valence-electron chi connectivity index (χ2n) is 8.43. The molecule has 2 fully saturated rings. The number of aryl methyl sites for hydroxylation is 2. The number of halogens is 2. The molecule has 2 aliphatic rings. The SMILES string of the molecule is Cc1ccccc1[C@@H]1[C@@H]2CN(C(=O)c3ccc4c(c3)ncn4C)C[C@@H]2CN1C.Cl.Cl. The van der Waals surface area contributed by atoms with Crippen molar-refractivity contribution in [2.45, 2.75) is 13.0 Å². The fourth-order valence-electron chi connectivity index (χ4n) is 5.26. The summed E-state index contributed by atoms with van der Waals surface area (Å²) in [6.07, 6.45) is 1.79. The molecule has 0 saturated carbocycles. The van der Waals surface area contributed by atoms with Gasteiger partial charge in [-0.05, 0) is 49.2 Å². The minimum absolute atomic E-state index is 0. The first-order valence-corrected chi connectivity index (χ1v) is 9.99. The lowest BCUT2D eigenvalue weighted by Gasteiger charge is -2.28. The smallest absolute Gasteiger partial charge is 0.253 e. The van der Waals surface area contributed by atoms with Gasteiger partial charge in [0.05, 0.1) is 17.4 Å². The van der Waals surface area contributed by atoms with E-state index in [4.69, 9.17) is 0 Å². The van der Waals surface area contributed by atoms with Crippen LogP contribution in [0.2, 0.25) is 0 Å². The van der Waals surface area contributed by atoms with E-state index in [1.807, 2.05) is 29.8 Å². The van der Waals surface area contributed by atoms with Crippen LogP contribution in [0.15, 0.2) is 48.8 Å². The highest BCUT2D eigenvalue weighted by atomic mass is 35.5. The molecule has 2 saturated heterocycles. The van der Waals surface area contributed by atoms with Gasteiger partial charge in [0, 0.05) is 44.2 Å². The number of carbonyl (C=O) groups is 1. The van der Waals surface area contributed by atoms with Gasteiger partial charge in [0.25, 0.3) is 5.91 Å². The molecule has 0 bridgehead atoms. The van der Waals surface area contributed by atoms with E-state index in [9.17, 15) is 4.79 Å². The molecule has 0 N–H and O–H groups in total. The van der Waals surface area contributed by atoms with E-state index in [2.05, 4.69) is 53.0 Å². The molecule has 0 radical (unpaired) electrons. The molecule has 2 aliphatic heterocycles. The highest BCUT2D eigenvalue weighted by Gasteiger charge is 2.47. The topological polar surface area (TPSA) is 41.4 Å². The highest BCUT2D eigenvalue weighted by Crippen LogP contribution is 2.45. The summed E-state index contributed by atoms with van der Waals surface area (Å²) in [7, 11) is 4.19. The van der Waals surface area contributed by atoms with Gasteiger partial charge in [-0.1, -0.05) is 24.3 Å². The Hall–Kier alpha value is -2.08. The Morgan fingerprint density at radius 2 is 1.80 bits per heavy atom. The average molecular weight is 447 g/mol. The monoisotopic (exact) mass is 446 g/mol. The van der Waals surface area contributed by atoms with Crippen molar-refractivity contribution < 1.29 is 4.79 Å². The quantitative estimate of drug-likeness (QED) is 0.594. The number of aromatic nitrogens is 2. The van der Waals surface area contributed by atoms with Crippen molar-refractivity contribution in [2.24, 2.45) is 18.9 Å². The van der Waals surface area contributed by atoms with Gasteiger partial charge >= 0.3 is 0 Å². The molecule has 2 aromatic carbocycles. The lowest BCUT2D eigenvalue weighted by Crippen LogP contribution is -2.33. The maximum absolute atomic E-state index is 13.2. The standard InChI is InChI=1S/C23H26N4O.2ClH/c1-15-6-4-5-7-18(15)22-19-13-27(12-17(19)11-25(22)2)23(28)16-8-9-21-20(10-16)24-14-26(21)3;;/h4-10,14,17,19,22H,11-13H2,1-3H3;2*1H/t17-,19+,22+;;/m0../s1. The Morgan fingerprint density at radius 1 is 1.03 bits per heavy atom. The third kappa shape index (κ3) is 3.59. The molecule has 3 atom stereocenters. The first-order valence-electron chi connectivity index (χ1n) is 9.99. The number of hydrogen-bond donors (Lipinski definition) is 0. The van der Waals surface area contributed by atoms with E-state index in [1.165, 1.54) is 11.1 Å². The van der Waals surface area contributed by atoms with E-state index < -0.39 is 0 Å². The molecule has 0 aliphatic carbocycles. The molecule has 5 nitrogen and oxygen atoms in total. The van der Waals surface area contributed by atoms with Crippen LogP contribution >= 0.6 is 24.8 Å². The third-order valence-electron chi connectivity index (χ3n) is 6.66. The number of likely N-dealkylation sites (tertiary alicyclic amines) is 2. The van der Waals surface area contributed by atoms with Gasteiger partial charge in [-0.3, -0.25) is 9.69 Å². The van der Waals surface area contributed by atoms with E-state index in [-0.39, 0.29) is 30.7 Å². The molecule has 1 aromatic heterocycles. The third-order valence-corrected chi connectivity index (χ3v) is 6.66. The number of rotatable bonds is 2. The molecule has 0 unspecified atom stereocenters. The zero-order valence-electron chi connectivity index (χ0n) is 17.5. The Balaban J connectivity index is 0.00000128. The van der Waals surface area contributed by atoms with Crippen LogP contribution < -0.4 is 0 Å². The molecule has 3 heterocycles. The number of fused-ring (bicyclic) bond motifs is 2. The molecule has 3 aromatic rings. The summed E-state index contributed by atoms with van der Waals surface area (Å²) in [6, 6.07) is 14.9. The van der Waals surface area contributed by atoms with E-state index >= 15 is 0 Å². The van der Waals surface area contributed by atoms with Crippen LogP contribution in [-0.4, -0.2) is 51.9 Å². The second-order valence-corrected chi connectivity index (χ2v) is 8.43. The lowest BCUT2D eigenvalue weighted by atomic mass is 9.88. The number of nitrogens with zero attached hydrogens (tertiary/aromatic N) is 4. The van der Waals surface area contributed by atoms with Crippen LogP contribution in [0.1, 0.15) is 27.5 Å². The van der Waals surface area contributed by atoms with E-state index in [0.717, 1.165) is 36.2 Å². The molecule has 0 spiro atoms. The number of benzene rings is 2. The van der Waals surface area contributed by atoms with Crippen molar-refractivity contribution in [2.75, 3.05) is 26.7 Å². The van der Waals surface area contributed by atoms with Crippen LogP contribution in [0.3, 0.4) is 0 Å². The van der Waals surface area contributed by atoms with E-state index in [0.29, 0.717) is 17.9 Å². The van der Waals surface area contributed by atoms with Crippen LogP contribution in [-0.2, 0) is 7.05 Å². The van der Waals surface area contributed by atoms with Crippen molar-refractivity contribution in [3.05, 3.63) is 65.5 Å². The summed E-state index contributed by atoms with van der Waals surface area (Å²) in [5.74, 6) is 1.17. The van der Waals surface area contributed by atoms with Gasteiger partial charge in [0.15, 0.2) is 0 Å². The summed E-state index contributed by atoms with van der Waals surface area (Å²) in [6.45, 7) is 4.91. The van der Waals surface area contributed by atoms with Gasteiger partial charge in [0.1, 0.15) is 0 Å². The minimum atomic E-state index is 0. The Morgan fingerprint density at radius 3 is 2.57 bits per heavy atom. The maximum Gasteiger partial charge on any atom is 0.253 e.